The minimum atomic E-state index is -0.0904. The van der Waals surface area contributed by atoms with Crippen molar-refractivity contribution in [2.24, 2.45) is 17.8 Å². The van der Waals surface area contributed by atoms with Crippen molar-refractivity contribution in [2.75, 3.05) is 4.90 Å². The van der Waals surface area contributed by atoms with Crippen LogP contribution in [0.3, 0.4) is 0 Å². The van der Waals surface area contributed by atoms with Crippen molar-refractivity contribution in [3.05, 3.63) is 180 Å². The first kappa shape index (κ1) is 33.3. The van der Waals surface area contributed by atoms with Crippen molar-refractivity contribution in [3.63, 3.8) is 0 Å². The summed E-state index contributed by atoms with van der Waals surface area (Å²) in [6.45, 7) is 4.75. The molecule has 0 saturated heterocycles. The number of hydrogen-bond acceptors (Lipinski definition) is 1. The molecule has 4 bridgehead atoms. The summed E-state index contributed by atoms with van der Waals surface area (Å²) in [5.41, 5.74) is 17.1. The first-order chi connectivity index (χ1) is 27.9. The lowest BCUT2D eigenvalue weighted by Gasteiger charge is -2.57. The number of hydrogen-bond donors (Lipinski definition) is 0. The van der Waals surface area contributed by atoms with E-state index in [4.69, 9.17) is 0 Å². The third-order valence-corrected chi connectivity index (χ3v) is 14.7. The van der Waals surface area contributed by atoms with Crippen LogP contribution in [0.5, 0.6) is 0 Å². The van der Waals surface area contributed by atoms with Gasteiger partial charge in [-0.2, -0.15) is 0 Å². The van der Waals surface area contributed by atoms with Gasteiger partial charge in [0.2, 0.25) is 0 Å². The van der Waals surface area contributed by atoms with Crippen LogP contribution in [0.1, 0.15) is 69.1 Å². The zero-order chi connectivity index (χ0) is 37.9. The summed E-state index contributed by atoms with van der Waals surface area (Å²) in [5.74, 6) is 2.88. The van der Waals surface area contributed by atoms with Gasteiger partial charge in [0, 0.05) is 38.9 Å². The fourth-order valence-corrected chi connectivity index (χ4v) is 12.5. The fourth-order valence-electron chi connectivity index (χ4n) is 12.5. The van der Waals surface area contributed by atoms with Gasteiger partial charge in [-0.25, -0.2) is 0 Å². The second-order valence-corrected chi connectivity index (χ2v) is 18.4. The lowest BCUT2D eigenvalue weighted by atomic mass is 9.48. The van der Waals surface area contributed by atoms with Crippen LogP contribution in [-0.4, -0.2) is 4.57 Å². The molecule has 278 valence electrons. The van der Waals surface area contributed by atoms with Crippen molar-refractivity contribution in [1.29, 1.82) is 0 Å². The molecule has 0 radical (unpaired) electrons. The number of rotatable bonds is 6. The maximum absolute atomic E-state index is 2.48. The monoisotopic (exact) mass is 736 g/mol. The van der Waals surface area contributed by atoms with Crippen LogP contribution in [0.15, 0.2) is 164 Å². The van der Waals surface area contributed by atoms with E-state index in [2.05, 4.69) is 187 Å². The minimum absolute atomic E-state index is 0.0904. The standard InChI is InChI=1S/C55H48N2/c1-54(2)50-14-8-6-12-46(50)47-26-24-45(32-51(47)54)56(44-25-27-53-49(31-44)48-13-7-9-15-52(48)57(53)42-10-4-3-5-11-42)43-22-18-40(19-23-43)39-16-20-41(21-17-39)55-33-36-28-37(34-55)30-38(29-36)35-55/h3-27,31-32,36-38H,28-30,33-35H2,1-2H3. The molecule has 0 unspecified atom stereocenters. The summed E-state index contributed by atoms with van der Waals surface area (Å²) >= 11 is 0. The number of anilines is 3. The molecule has 5 aliphatic carbocycles. The van der Waals surface area contributed by atoms with Crippen LogP contribution in [0.4, 0.5) is 17.1 Å². The number of aromatic nitrogens is 1. The van der Waals surface area contributed by atoms with E-state index in [1.165, 1.54) is 105 Å². The SMILES string of the molecule is CC1(C)c2ccccc2-c2ccc(N(c3ccc(-c4ccc(C56CC7CC(CC(C7)C5)C6)cc4)cc3)c3ccc4c(c3)c3ccccc3n4-c3ccccc3)cc21. The van der Waals surface area contributed by atoms with Gasteiger partial charge < -0.3 is 9.47 Å². The largest absolute Gasteiger partial charge is 0.310 e. The summed E-state index contributed by atoms with van der Waals surface area (Å²) in [5, 5.41) is 2.51. The predicted octanol–water partition coefficient (Wildman–Crippen LogP) is 14.7. The van der Waals surface area contributed by atoms with Crippen LogP contribution >= 0.6 is 0 Å². The zero-order valence-electron chi connectivity index (χ0n) is 33.0. The number of benzene rings is 7. The molecule has 2 heteroatoms. The van der Waals surface area contributed by atoms with E-state index in [1.807, 2.05) is 0 Å². The Labute approximate surface area is 336 Å². The first-order valence-corrected chi connectivity index (χ1v) is 21.3. The molecule has 0 atom stereocenters. The molecule has 8 aromatic rings. The van der Waals surface area contributed by atoms with Gasteiger partial charge in [-0.1, -0.05) is 117 Å². The molecule has 7 aromatic carbocycles. The molecule has 4 saturated carbocycles. The van der Waals surface area contributed by atoms with Crippen molar-refractivity contribution in [2.45, 2.75) is 63.2 Å². The highest BCUT2D eigenvalue weighted by Crippen LogP contribution is 2.61. The van der Waals surface area contributed by atoms with Gasteiger partial charge in [0.1, 0.15) is 0 Å². The predicted molar refractivity (Wildman–Crippen MR) is 238 cm³/mol. The second-order valence-electron chi connectivity index (χ2n) is 18.4. The van der Waals surface area contributed by atoms with Crippen molar-refractivity contribution in [1.82, 2.24) is 4.57 Å². The van der Waals surface area contributed by atoms with Crippen LogP contribution < -0.4 is 4.90 Å². The Bertz CT molecular complexity index is 2800. The molecular formula is C55H48N2. The second kappa shape index (κ2) is 12.3. The lowest BCUT2D eigenvalue weighted by Crippen LogP contribution is -2.48. The van der Waals surface area contributed by atoms with Gasteiger partial charge in [-0.15, -0.1) is 0 Å². The smallest absolute Gasteiger partial charge is 0.0542 e. The highest BCUT2D eigenvalue weighted by atomic mass is 15.1. The van der Waals surface area contributed by atoms with Crippen LogP contribution in [0, 0.1) is 17.8 Å². The third kappa shape index (κ3) is 5.09. The molecule has 4 fully saturated rings. The Morgan fingerprint density at radius 1 is 0.474 bits per heavy atom. The maximum Gasteiger partial charge on any atom is 0.0542 e. The molecule has 5 aliphatic rings. The molecular weight excluding hydrogens is 689 g/mol. The average molecular weight is 737 g/mol. The molecule has 13 rings (SSSR count). The van der Waals surface area contributed by atoms with Gasteiger partial charge in [0.25, 0.3) is 0 Å². The van der Waals surface area contributed by atoms with Crippen molar-refractivity contribution >= 4 is 38.9 Å². The Balaban J connectivity index is 0.963. The first-order valence-electron chi connectivity index (χ1n) is 21.3. The van der Waals surface area contributed by atoms with Gasteiger partial charge in [-0.3, -0.25) is 0 Å². The summed E-state index contributed by atoms with van der Waals surface area (Å²) in [6.07, 6.45) is 8.70. The van der Waals surface area contributed by atoms with Crippen molar-refractivity contribution < 1.29 is 0 Å². The van der Waals surface area contributed by atoms with Crippen molar-refractivity contribution in [3.8, 4) is 27.9 Å². The Kier molecular flexibility index (Phi) is 7.20. The zero-order valence-corrected chi connectivity index (χ0v) is 33.0. The van der Waals surface area contributed by atoms with E-state index in [-0.39, 0.29) is 5.41 Å². The lowest BCUT2D eigenvalue weighted by molar-refractivity contribution is -0.00518. The normalized spacial score (nSPS) is 22.5. The third-order valence-electron chi connectivity index (χ3n) is 14.7. The Morgan fingerprint density at radius 2 is 1.04 bits per heavy atom. The van der Waals surface area contributed by atoms with E-state index >= 15 is 0 Å². The minimum Gasteiger partial charge on any atom is -0.310 e. The molecule has 57 heavy (non-hydrogen) atoms. The van der Waals surface area contributed by atoms with Gasteiger partial charge in [0.15, 0.2) is 0 Å². The Morgan fingerprint density at radius 3 is 1.77 bits per heavy atom. The number of nitrogens with zero attached hydrogens (tertiary/aromatic N) is 2. The molecule has 0 amide bonds. The number of fused-ring (bicyclic) bond motifs is 6. The van der Waals surface area contributed by atoms with E-state index in [0.717, 1.165) is 29.1 Å². The Hall–Kier alpha value is -5.86. The topological polar surface area (TPSA) is 8.17 Å². The molecule has 0 spiro atoms. The summed E-state index contributed by atoms with van der Waals surface area (Å²) < 4.78 is 2.40. The highest BCUT2D eigenvalue weighted by Gasteiger charge is 2.51. The van der Waals surface area contributed by atoms with E-state index in [0.29, 0.717) is 5.41 Å². The van der Waals surface area contributed by atoms with Crippen LogP contribution in [-0.2, 0) is 10.8 Å². The van der Waals surface area contributed by atoms with Gasteiger partial charge >= 0.3 is 0 Å². The van der Waals surface area contributed by atoms with Gasteiger partial charge in [-0.05, 0) is 161 Å². The highest BCUT2D eigenvalue weighted by molar-refractivity contribution is 6.10. The summed E-state index contributed by atoms with van der Waals surface area (Å²) in [4.78, 5) is 2.47. The number of para-hydroxylation sites is 2. The maximum atomic E-state index is 2.48. The van der Waals surface area contributed by atoms with E-state index in [9.17, 15) is 0 Å². The summed E-state index contributed by atoms with van der Waals surface area (Å²) in [6, 6.07) is 61.7. The summed E-state index contributed by atoms with van der Waals surface area (Å²) in [7, 11) is 0. The quantitative estimate of drug-likeness (QED) is 0.165. The average Bonchev–Trinajstić information content (AvgIpc) is 3.69. The van der Waals surface area contributed by atoms with Crippen LogP contribution in [0.2, 0.25) is 0 Å². The van der Waals surface area contributed by atoms with Crippen LogP contribution in [0.25, 0.3) is 49.7 Å². The molecule has 0 N–H and O–H groups in total. The van der Waals surface area contributed by atoms with E-state index < -0.39 is 0 Å². The molecule has 0 aliphatic heterocycles. The molecule has 1 aromatic heterocycles. The fraction of sp³-hybridized carbons (Fsp3) is 0.236. The molecule has 1 heterocycles. The van der Waals surface area contributed by atoms with Gasteiger partial charge in [0.05, 0.1) is 11.0 Å². The molecule has 2 nitrogen and oxygen atoms in total. The van der Waals surface area contributed by atoms with E-state index in [1.54, 1.807) is 5.56 Å².